The summed E-state index contributed by atoms with van der Waals surface area (Å²) in [5.41, 5.74) is -0.115. The van der Waals surface area contributed by atoms with Crippen LogP contribution >= 0.6 is 11.8 Å². The number of hydrogen-bond donors (Lipinski definition) is 0. The zero-order valence-electron chi connectivity index (χ0n) is 10.7. The van der Waals surface area contributed by atoms with E-state index in [2.05, 4.69) is 0 Å². The summed E-state index contributed by atoms with van der Waals surface area (Å²) in [6, 6.07) is 9.74. The summed E-state index contributed by atoms with van der Waals surface area (Å²) in [4.78, 5) is 12.7. The average Bonchev–Trinajstić information content (AvgIpc) is 2.25. The van der Waals surface area contributed by atoms with E-state index >= 15 is 0 Å². The fraction of sp³-hybridized carbons (Fsp3) is 0.500. The van der Waals surface area contributed by atoms with Crippen molar-refractivity contribution < 1.29 is 9.53 Å². The molecular weight excluding hydrogens is 232 g/mol. The van der Waals surface area contributed by atoms with Crippen LogP contribution in [0.5, 0.6) is 0 Å². The minimum atomic E-state index is -0.115. The van der Waals surface area contributed by atoms with Crippen molar-refractivity contribution in [2.24, 2.45) is 0 Å². The lowest BCUT2D eigenvalue weighted by Crippen LogP contribution is -2.19. The predicted octanol–water partition coefficient (Wildman–Crippen LogP) is 3.90. The van der Waals surface area contributed by atoms with Crippen LogP contribution in [0.1, 0.15) is 33.6 Å². The van der Waals surface area contributed by atoms with Crippen molar-refractivity contribution >= 4 is 16.9 Å². The van der Waals surface area contributed by atoms with Crippen molar-refractivity contribution in [3.05, 3.63) is 30.3 Å². The van der Waals surface area contributed by atoms with E-state index in [-0.39, 0.29) is 10.7 Å². The molecule has 0 amide bonds. The topological polar surface area (TPSA) is 26.3 Å². The first-order chi connectivity index (χ1) is 7.97. The molecule has 0 saturated heterocycles. The molecule has 0 radical (unpaired) electrons. The first-order valence-electron chi connectivity index (χ1n) is 5.87. The molecule has 3 heteroatoms. The van der Waals surface area contributed by atoms with Gasteiger partial charge in [0.2, 0.25) is 0 Å². The number of thioether (sulfide) groups is 1. The Labute approximate surface area is 108 Å². The molecule has 0 spiro atoms. The first-order valence-corrected chi connectivity index (χ1v) is 6.69. The van der Waals surface area contributed by atoms with Crippen LogP contribution in [0.2, 0.25) is 0 Å². The molecule has 0 aliphatic rings. The molecule has 0 fully saturated rings. The highest BCUT2D eigenvalue weighted by molar-refractivity contribution is 8.13. The Kier molecular flexibility index (Phi) is 5.72. The van der Waals surface area contributed by atoms with Crippen LogP contribution in [0.15, 0.2) is 35.2 Å². The monoisotopic (exact) mass is 252 g/mol. The normalized spacial score (nSPS) is 11.5. The summed E-state index contributed by atoms with van der Waals surface area (Å²) >= 11 is 1.31. The third kappa shape index (κ3) is 7.18. The molecule has 0 aliphatic carbocycles. The van der Waals surface area contributed by atoms with Gasteiger partial charge in [0.1, 0.15) is 0 Å². The molecule has 1 rings (SSSR count). The van der Waals surface area contributed by atoms with Gasteiger partial charge in [0.05, 0.1) is 5.60 Å². The summed E-state index contributed by atoms with van der Waals surface area (Å²) in [6.45, 7) is 6.71. The lowest BCUT2D eigenvalue weighted by Gasteiger charge is -2.19. The van der Waals surface area contributed by atoms with Gasteiger partial charge < -0.3 is 4.74 Å². The molecule has 0 aliphatic heterocycles. The van der Waals surface area contributed by atoms with Crippen LogP contribution < -0.4 is 0 Å². The van der Waals surface area contributed by atoms with Crippen LogP contribution in [-0.2, 0) is 9.53 Å². The van der Waals surface area contributed by atoms with E-state index in [1.54, 1.807) is 0 Å². The highest BCUT2D eigenvalue weighted by Crippen LogP contribution is 2.20. The van der Waals surface area contributed by atoms with Crippen LogP contribution in [0.25, 0.3) is 0 Å². The Morgan fingerprint density at radius 1 is 1.24 bits per heavy atom. The van der Waals surface area contributed by atoms with Crippen LogP contribution in [0.3, 0.4) is 0 Å². The molecule has 0 heterocycles. The van der Waals surface area contributed by atoms with Gasteiger partial charge >= 0.3 is 0 Å². The number of hydrogen-bond acceptors (Lipinski definition) is 3. The summed E-state index contributed by atoms with van der Waals surface area (Å²) in [5.74, 6) is 0. The van der Waals surface area contributed by atoms with E-state index in [4.69, 9.17) is 4.74 Å². The maximum absolute atomic E-state index is 11.6. The number of rotatable bonds is 5. The van der Waals surface area contributed by atoms with Crippen LogP contribution in [0.4, 0.5) is 0 Å². The zero-order valence-corrected chi connectivity index (χ0v) is 11.5. The molecule has 0 atom stereocenters. The maximum atomic E-state index is 11.6. The van der Waals surface area contributed by atoms with Crippen molar-refractivity contribution in [3.63, 3.8) is 0 Å². The number of benzene rings is 1. The van der Waals surface area contributed by atoms with Crippen molar-refractivity contribution in [1.29, 1.82) is 0 Å². The van der Waals surface area contributed by atoms with E-state index < -0.39 is 0 Å². The fourth-order valence-electron chi connectivity index (χ4n) is 1.27. The molecule has 0 N–H and O–H groups in total. The summed E-state index contributed by atoms with van der Waals surface area (Å²) in [7, 11) is 0. The van der Waals surface area contributed by atoms with Gasteiger partial charge in [0.15, 0.2) is 5.12 Å². The zero-order chi connectivity index (χ0) is 12.7. The van der Waals surface area contributed by atoms with Gasteiger partial charge in [0, 0.05) is 17.9 Å². The Hall–Kier alpha value is -0.800. The number of ether oxygens (including phenoxy) is 1. The van der Waals surface area contributed by atoms with Gasteiger partial charge in [-0.3, -0.25) is 4.79 Å². The van der Waals surface area contributed by atoms with Crippen LogP contribution in [-0.4, -0.2) is 17.3 Å². The molecular formula is C14H20O2S. The summed E-state index contributed by atoms with van der Waals surface area (Å²) in [6.07, 6.45) is 1.35. The molecule has 0 aromatic heterocycles. The molecule has 0 unspecified atom stereocenters. The lowest BCUT2D eigenvalue weighted by molar-refractivity contribution is -0.111. The second kappa shape index (κ2) is 6.82. The largest absolute Gasteiger partial charge is 0.376 e. The highest BCUT2D eigenvalue weighted by Gasteiger charge is 2.10. The van der Waals surface area contributed by atoms with E-state index in [0.717, 1.165) is 11.3 Å². The van der Waals surface area contributed by atoms with Gasteiger partial charge in [-0.1, -0.05) is 30.0 Å². The van der Waals surface area contributed by atoms with Gasteiger partial charge in [-0.05, 0) is 39.3 Å². The predicted molar refractivity (Wildman–Crippen MR) is 72.2 cm³/mol. The minimum absolute atomic E-state index is 0.115. The Balaban J connectivity index is 2.18. The second-order valence-corrected chi connectivity index (χ2v) is 5.98. The Morgan fingerprint density at radius 2 is 1.88 bits per heavy atom. The first kappa shape index (κ1) is 14.3. The molecule has 0 saturated carbocycles. The lowest BCUT2D eigenvalue weighted by atomic mass is 10.2. The van der Waals surface area contributed by atoms with Crippen molar-refractivity contribution in [3.8, 4) is 0 Å². The molecule has 1 aromatic rings. The van der Waals surface area contributed by atoms with Crippen LogP contribution in [0, 0.1) is 0 Å². The van der Waals surface area contributed by atoms with Gasteiger partial charge in [-0.2, -0.15) is 0 Å². The average molecular weight is 252 g/mol. The molecule has 2 nitrogen and oxygen atoms in total. The smallest absolute Gasteiger partial charge is 0.193 e. The highest BCUT2D eigenvalue weighted by atomic mass is 32.2. The Morgan fingerprint density at radius 3 is 2.47 bits per heavy atom. The van der Waals surface area contributed by atoms with Gasteiger partial charge in [0.25, 0.3) is 0 Å². The maximum Gasteiger partial charge on any atom is 0.193 e. The number of carbonyl (C=O) groups is 1. The Bertz CT molecular complexity index is 341. The van der Waals surface area contributed by atoms with E-state index in [1.807, 2.05) is 51.1 Å². The van der Waals surface area contributed by atoms with Gasteiger partial charge in [-0.15, -0.1) is 0 Å². The SMILES string of the molecule is CC(C)(C)OCCCC(=O)Sc1ccccc1. The quantitative estimate of drug-likeness (QED) is 0.587. The molecule has 94 valence electrons. The van der Waals surface area contributed by atoms with Crippen molar-refractivity contribution in [1.82, 2.24) is 0 Å². The second-order valence-electron chi connectivity index (χ2n) is 4.85. The van der Waals surface area contributed by atoms with E-state index in [0.29, 0.717) is 13.0 Å². The van der Waals surface area contributed by atoms with E-state index in [1.165, 1.54) is 11.8 Å². The summed E-state index contributed by atoms with van der Waals surface area (Å²) in [5, 5.41) is 0.203. The minimum Gasteiger partial charge on any atom is -0.376 e. The van der Waals surface area contributed by atoms with Gasteiger partial charge in [-0.25, -0.2) is 0 Å². The van der Waals surface area contributed by atoms with Crippen molar-refractivity contribution in [2.45, 2.75) is 44.1 Å². The summed E-state index contributed by atoms with van der Waals surface area (Å²) < 4.78 is 5.57. The third-order valence-corrected chi connectivity index (χ3v) is 2.97. The standard InChI is InChI=1S/C14H20O2S/c1-14(2,3)16-11-7-10-13(15)17-12-8-5-4-6-9-12/h4-6,8-9H,7,10-11H2,1-3H3. The number of carbonyl (C=O) groups excluding carboxylic acids is 1. The third-order valence-electron chi connectivity index (χ3n) is 2.04. The van der Waals surface area contributed by atoms with E-state index in [9.17, 15) is 4.79 Å². The molecule has 17 heavy (non-hydrogen) atoms. The molecule has 1 aromatic carbocycles. The fourth-order valence-corrected chi connectivity index (χ4v) is 2.07. The molecule has 0 bridgehead atoms. The van der Waals surface area contributed by atoms with Crippen molar-refractivity contribution in [2.75, 3.05) is 6.61 Å².